The quantitative estimate of drug-likeness (QED) is 0.841. The van der Waals surface area contributed by atoms with Gasteiger partial charge < -0.3 is 14.8 Å². The Bertz CT molecular complexity index is 419. The standard InChI is InChI=1S/C12H18N2O3/c1-8-9(7-10(15)16)14-11(13-8)12(2)5-3-4-6-17-12/h3-7H2,1-2H3,(H,13,14)(H,15,16). The van der Waals surface area contributed by atoms with E-state index in [1.807, 2.05) is 13.8 Å². The number of nitrogens with one attached hydrogen (secondary N) is 1. The second kappa shape index (κ2) is 4.49. The summed E-state index contributed by atoms with van der Waals surface area (Å²) in [6, 6.07) is 0. The molecule has 0 amide bonds. The fraction of sp³-hybridized carbons (Fsp3) is 0.667. The van der Waals surface area contributed by atoms with E-state index in [2.05, 4.69) is 9.97 Å². The molecular weight excluding hydrogens is 220 g/mol. The van der Waals surface area contributed by atoms with Gasteiger partial charge >= 0.3 is 5.97 Å². The summed E-state index contributed by atoms with van der Waals surface area (Å²) < 4.78 is 5.78. The van der Waals surface area contributed by atoms with Gasteiger partial charge in [-0.1, -0.05) is 0 Å². The van der Waals surface area contributed by atoms with Crippen LogP contribution in [-0.2, 0) is 21.6 Å². The van der Waals surface area contributed by atoms with Crippen molar-refractivity contribution < 1.29 is 14.6 Å². The molecule has 0 bridgehead atoms. The van der Waals surface area contributed by atoms with Crippen molar-refractivity contribution in [2.75, 3.05) is 6.61 Å². The first-order valence-corrected chi connectivity index (χ1v) is 5.93. The minimum atomic E-state index is -0.860. The second-order valence-electron chi connectivity index (χ2n) is 4.76. The molecule has 2 rings (SSSR count). The Morgan fingerprint density at radius 1 is 1.59 bits per heavy atom. The van der Waals surface area contributed by atoms with E-state index >= 15 is 0 Å². The van der Waals surface area contributed by atoms with Crippen LogP contribution in [0.2, 0.25) is 0 Å². The van der Waals surface area contributed by atoms with Crippen molar-refractivity contribution in [3.63, 3.8) is 0 Å². The monoisotopic (exact) mass is 238 g/mol. The largest absolute Gasteiger partial charge is 0.481 e. The Kier molecular flexibility index (Phi) is 3.19. The fourth-order valence-electron chi connectivity index (χ4n) is 2.18. The van der Waals surface area contributed by atoms with Crippen LogP contribution in [-0.4, -0.2) is 27.7 Å². The van der Waals surface area contributed by atoms with Crippen LogP contribution in [0.3, 0.4) is 0 Å². The van der Waals surface area contributed by atoms with Crippen LogP contribution in [0.15, 0.2) is 0 Å². The minimum Gasteiger partial charge on any atom is -0.481 e. The van der Waals surface area contributed by atoms with Crippen LogP contribution >= 0.6 is 0 Å². The van der Waals surface area contributed by atoms with E-state index in [-0.39, 0.29) is 12.0 Å². The zero-order valence-corrected chi connectivity index (χ0v) is 10.2. The summed E-state index contributed by atoms with van der Waals surface area (Å²) >= 11 is 0. The Labute approximate surface area is 100 Å². The molecule has 0 spiro atoms. The lowest BCUT2D eigenvalue weighted by Gasteiger charge is -2.31. The summed E-state index contributed by atoms with van der Waals surface area (Å²) in [6.07, 6.45) is 3.08. The number of aromatic amines is 1. The van der Waals surface area contributed by atoms with E-state index in [9.17, 15) is 4.79 Å². The maximum absolute atomic E-state index is 10.7. The zero-order valence-electron chi connectivity index (χ0n) is 10.2. The molecule has 1 aromatic rings. The van der Waals surface area contributed by atoms with Crippen molar-refractivity contribution in [1.29, 1.82) is 0 Å². The molecule has 5 heteroatoms. The zero-order chi connectivity index (χ0) is 12.5. The van der Waals surface area contributed by atoms with Gasteiger partial charge in [-0.2, -0.15) is 0 Å². The highest BCUT2D eigenvalue weighted by Gasteiger charge is 2.33. The molecule has 2 heterocycles. The van der Waals surface area contributed by atoms with E-state index < -0.39 is 5.97 Å². The Morgan fingerprint density at radius 3 is 2.94 bits per heavy atom. The number of carboxylic acids is 1. The number of nitrogens with zero attached hydrogens (tertiary/aromatic N) is 1. The van der Waals surface area contributed by atoms with Gasteiger partial charge in [0.25, 0.3) is 0 Å². The molecule has 17 heavy (non-hydrogen) atoms. The summed E-state index contributed by atoms with van der Waals surface area (Å²) in [5, 5.41) is 8.79. The number of hydrogen-bond donors (Lipinski definition) is 2. The van der Waals surface area contributed by atoms with Crippen molar-refractivity contribution >= 4 is 5.97 Å². The van der Waals surface area contributed by atoms with Crippen LogP contribution in [0.5, 0.6) is 0 Å². The number of imidazole rings is 1. The van der Waals surface area contributed by atoms with Crippen LogP contribution < -0.4 is 0 Å². The first-order valence-electron chi connectivity index (χ1n) is 5.93. The van der Waals surface area contributed by atoms with Gasteiger partial charge in [-0.05, 0) is 33.1 Å². The molecule has 0 aromatic carbocycles. The fourth-order valence-corrected chi connectivity index (χ4v) is 2.18. The molecular formula is C12H18N2O3. The normalized spacial score (nSPS) is 24.8. The van der Waals surface area contributed by atoms with Gasteiger partial charge in [-0.25, -0.2) is 4.98 Å². The molecule has 1 atom stereocenters. The van der Waals surface area contributed by atoms with Crippen molar-refractivity contribution in [1.82, 2.24) is 9.97 Å². The van der Waals surface area contributed by atoms with E-state index in [0.717, 1.165) is 37.4 Å². The average molecular weight is 238 g/mol. The Balaban J connectivity index is 2.23. The molecule has 0 radical (unpaired) electrons. The van der Waals surface area contributed by atoms with Gasteiger partial charge in [-0.15, -0.1) is 0 Å². The average Bonchev–Trinajstić information content (AvgIpc) is 2.61. The SMILES string of the molecule is Cc1[nH]c(C2(C)CCCCO2)nc1CC(=O)O. The molecule has 1 aliphatic heterocycles. The van der Waals surface area contributed by atoms with E-state index in [1.165, 1.54) is 0 Å². The highest BCUT2D eigenvalue weighted by molar-refractivity contribution is 5.69. The Hall–Kier alpha value is -1.36. The van der Waals surface area contributed by atoms with Crippen molar-refractivity contribution in [3.05, 3.63) is 17.2 Å². The second-order valence-corrected chi connectivity index (χ2v) is 4.76. The number of rotatable bonds is 3. The lowest BCUT2D eigenvalue weighted by atomic mass is 9.95. The van der Waals surface area contributed by atoms with E-state index in [1.54, 1.807) is 0 Å². The summed E-state index contributed by atoms with van der Waals surface area (Å²) in [5.74, 6) is -0.105. The van der Waals surface area contributed by atoms with Gasteiger partial charge in [0.15, 0.2) is 0 Å². The predicted octanol–water partition coefficient (Wildman–Crippen LogP) is 1.76. The number of aryl methyl sites for hydroxylation is 1. The smallest absolute Gasteiger partial charge is 0.309 e. The molecule has 1 aliphatic rings. The summed E-state index contributed by atoms with van der Waals surface area (Å²) in [6.45, 7) is 4.60. The molecule has 0 aliphatic carbocycles. The van der Waals surface area contributed by atoms with Crippen LogP contribution in [0.25, 0.3) is 0 Å². The van der Waals surface area contributed by atoms with E-state index in [0.29, 0.717) is 5.69 Å². The molecule has 0 saturated carbocycles. The number of carbonyl (C=O) groups is 1. The summed E-state index contributed by atoms with van der Waals surface area (Å²) in [4.78, 5) is 18.2. The summed E-state index contributed by atoms with van der Waals surface area (Å²) in [5.41, 5.74) is 1.03. The maximum atomic E-state index is 10.7. The molecule has 5 nitrogen and oxygen atoms in total. The number of carboxylic acid groups (broad SMARTS) is 1. The number of aromatic nitrogens is 2. The van der Waals surface area contributed by atoms with Crippen molar-refractivity contribution in [2.24, 2.45) is 0 Å². The number of H-pyrrole nitrogens is 1. The minimum absolute atomic E-state index is 0.0432. The lowest BCUT2D eigenvalue weighted by molar-refractivity contribution is -0.136. The molecule has 1 aromatic heterocycles. The van der Waals surface area contributed by atoms with Crippen LogP contribution in [0, 0.1) is 6.92 Å². The highest BCUT2D eigenvalue weighted by Crippen LogP contribution is 2.33. The highest BCUT2D eigenvalue weighted by atomic mass is 16.5. The number of ether oxygens (including phenoxy) is 1. The third kappa shape index (κ3) is 2.49. The van der Waals surface area contributed by atoms with Crippen molar-refractivity contribution in [2.45, 2.75) is 45.1 Å². The molecule has 1 fully saturated rings. The number of hydrogen-bond acceptors (Lipinski definition) is 3. The lowest BCUT2D eigenvalue weighted by Crippen LogP contribution is -2.31. The molecule has 2 N–H and O–H groups in total. The van der Waals surface area contributed by atoms with Gasteiger partial charge in [0.05, 0.1) is 12.1 Å². The van der Waals surface area contributed by atoms with Crippen LogP contribution in [0.1, 0.15) is 43.4 Å². The van der Waals surface area contributed by atoms with E-state index in [4.69, 9.17) is 9.84 Å². The van der Waals surface area contributed by atoms with Crippen molar-refractivity contribution in [3.8, 4) is 0 Å². The first kappa shape index (κ1) is 12.1. The molecule has 94 valence electrons. The number of aliphatic carboxylic acids is 1. The molecule has 1 unspecified atom stereocenters. The van der Waals surface area contributed by atoms with Gasteiger partial charge in [0, 0.05) is 12.3 Å². The topological polar surface area (TPSA) is 75.2 Å². The summed E-state index contributed by atoms with van der Waals surface area (Å²) in [7, 11) is 0. The Morgan fingerprint density at radius 2 is 2.35 bits per heavy atom. The first-order chi connectivity index (χ1) is 8.01. The maximum Gasteiger partial charge on any atom is 0.309 e. The predicted molar refractivity (Wildman–Crippen MR) is 61.8 cm³/mol. The van der Waals surface area contributed by atoms with Gasteiger partial charge in [0.1, 0.15) is 11.4 Å². The third-order valence-electron chi connectivity index (χ3n) is 3.27. The third-order valence-corrected chi connectivity index (χ3v) is 3.27. The molecule has 1 saturated heterocycles. The van der Waals surface area contributed by atoms with Crippen LogP contribution in [0.4, 0.5) is 0 Å². The van der Waals surface area contributed by atoms with Gasteiger partial charge in [0.2, 0.25) is 0 Å². The van der Waals surface area contributed by atoms with Gasteiger partial charge in [-0.3, -0.25) is 4.79 Å².